The molecule has 0 radical (unpaired) electrons. The van der Waals surface area contributed by atoms with Crippen molar-refractivity contribution in [2.24, 2.45) is 0 Å². The highest BCUT2D eigenvalue weighted by molar-refractivity contribution is 6.30. The lowest BCUT2D eigenvalue weighted by Gasteiger charge is -2.30. The molecular weight excluding hydrogens is 424 g/mol. The van der Waals surface area contributed by atoms with Crippen molar-refractivity contribution in [3.05, 3.63) is 64.7 Å². The molecule has 1 aliphatic rings. The Hall–Kier alpha value is -2.53. The molecule has 5 nitrogen and oxygen atoms in total. The van der Waals surface area contributed by atoms with E-state index in [9.17, 15) is 9.59 Å². The van der Waals surface area contributed by atoms with Gasteiger partial charge in [-0.1, -0.05) is 54.3 Å². The average Bonchev–Trinajstić information content (AvgIpc) is 3.30. The molecule has 1 atom stereocenters. The van der Waals surface area contributed by atoms with Crippen LogP contribution in [0.3, 0.4) is 0 Å². The molecule has 0 aromatic heterocycles. The van der Waals surface area contributed by atoms with E-state index in [0.29, 0.717) is 31.0 Å². The van der Waals surface area contributed by atoms with Crippen LogP contribution in [-0.4, -0.2) is 35.4 Å². The molecule has 0 spiro atoms. The number of halogens is 1. The Bertz CT molecular complexity index is 877. The van der Waals surface area contributed by atoms with Crippen LogP contribution < -0.4 is 10.1 Å². The molecule has 2 aromatic carbocycles. The van der Waals surface area contributed by atoms with Gasteiger partial charge in [-0.15, -0.1) is 0 Å². The third-order valence-corrected chi connectivity index (χ3v) is 6.21. The van der Waals surface area contributed by atoms with Gasteiger partial charge in [0.2, 0.25) is 11.8 Å². The highest BCUT2D eigenvalue weighted by Gasteiger charge is 2.28. The number of hydrogen-bond acceptors (Lipinski definition) is 3. The summed E-state index contributed by atoms with van der Waals surface area (Å²) in [6.07, 6.45) is 5.24. The van der Waals surface area contributed by atoms with Crippen LogP contribution in [0.4, 0.5) is 0 Å². The Morgan fingerprint density at radius 2 is 1.75 bits per heavy atom. The average molecular weight is 457 g/mol. The van der Waals surface area contributed by atoms with Crippen molar-refractivity contribution in [3.63, 3.8) is 0 Å². The Kier molecular flexibility index (Phi) is 8.98. The van der Waals surface area contributed by atoms with Crippen molar-refractivity contribution in [1.29, 1.82) is 0 Å². The van der Waals surface area contributed by atoms with E-state index >= 15 is 0 Å². The minimum atomic E-state index is -0.526. The molecule has 3 rings (SSSR count). The Morgan fingerprint density at radius 1 is 1.09 bits per heavy atom. The second kappa shape index (κ2) is 11.9. The van der Waals surface area contributed by atoms with Gasteiger partial charge >= 0.3 is 0 Å². The molecule has 0 saturated heterocycles. The zero-order valence-corrected chi connectivity index (χ0v) is 19.7. The van der Waals surface area contributed by atoms with Crippen LogP contribution in [0.1, 0.15) is 56.6 Å². The summed E-state index contributed by atoms with van der Waals surface area (Å²) in [5, 5.41) is 3.79. The summed E-state index contributed by atoms with van der Waals surface area (Å²) in [6, 6.07) is 15.0. The number of hydrogen-bond donors (Lipinski definition) is 1. The van der Waals surface area contributed by atoms with Gasteiger partial charge in [-0.25, -0.2) is 0 Å². The predicted octanol–water partition coefficient (Wildman–Crippen LogP) is 5.28. The topological polar surface area (TPSA) is 58.6 Å². The molecule has 6 heteroatoms. The fourth-order valence-corrected chi connectivity index (χ4v) is 4.08. The molecule has 0 bridgehead atoms. The molecule has 2 amide bonds. The second-order valence-corrected chi connectivity index (χ2v) is 9.02. The Balaban J connectivity index is 1.59. The van der Waals surface area contributed by atoms with Crippen LogP contribution in [0, 0.1) is 6.92 Å². The number of carbonyl (C=O) groups excluding carboxylic acids is 2. The summed E-state index contributed by atoms with van der Waals surface area (Å²) in [4.78, 5) is 27.7. The van der Waals surface area contributed by atoms with Crippen molar-refractivity contribution >= 4 is 23.4 Å². The number of benzene rings is 2. The van der Waals surface area contributed by atoms with Crippen molar-refractivity contribution in [3.8, 4) is 5.75 Å². The molecule has 2 aromatic rings. The quantitative estimate of drug-likeness (QED) is 0.494. The Labute approximate surface area is 196 Å². The van der Waals surface area contributed by atoms with Gasteiger partial charge in [-0.3, -0.25) is 9.59 Å². The monoisotopic (exact) mass is 456 g/mol. The highest BCUT2D eigenvalue weighted by atomic mass is 35.5. The van der Waals surface area contributed by atoms with Crippen molar-refractivity contribution < 1.29 is 14.3 Å². The van der Waals surface area contributed by atoms with Gasteiger partial charge in [0, 0.05) is 24.0 Å². The number of carbonyl (C=O) groups is 2. The normalized spacial score (nSPS) is 14.7. The van der Waals surface area contributed by atoms with Crippen LogP contribution in [-0.2, 0) is 16.1 Å². The molecule has 0 aliphatic heterocycles. The van der Waals surface area contributed by atoms with Gasteiger partial charge in [-0.2, -0.15) is 0 Å². The van der Waals surface area contributed by atoms with Gasteiger partial charge in [0.25, 0.3) is 0 Å². The van der Waals surface area contributed by atoms with Crippen LogP contribution in [0.15, 0.2) is 48.5 Å². The first-order chi connectivity index (χ1) is 15.4. The first kappa shape index (κ1) is 24.1. The zero-order chi connectivity index (χ0) is 22.9. The molecule has 0 heterocycles. The fraction of sp³-hybridized carbons (Fsp3) is 0.462. The summed E-state index contributed by atoms with van der Waals surface area (Å²) in [5.41, 5.74) is 2.18. The maximum absolute atomic E-state index is 13.1. The molecule has 32 heavy (non-hydrogen) atoms. The van der Waals surface area contributed by atoms with Crippen LogP contribution in [0.25, 0.3) is 0 Å². The van der Waals surface area contributed by atoms with E-state index in [1.807, 2.05) is 50.2 Å². The highest BCUT2D eigenvalue weighted by Crippen LogP contribution is 2.19. The van der Waals surface area contributed by atoms with E-state index in [2.05, 4.69) is 5.32 Å². The van der Waals surface area contributed by atoms with Crippen molar-refractivity contribution in [2.75, 3.05) is 6.61 Å². The van der Waals surface area contributed by atoms with E-state index in [-0.39, 0.29) is 17.9 Å². The van der Waals surface area contributed by atoms with E-state index in [4.69, 9.17) is 16.3 Å². The maximum atomic E-state index is 13.1. The second-order valence-electron chi connectivity index (χ2n) is 8.58. The molecule has 1 fully saturated rings. The van der Waals surface area contributed by atoms with E-state index in [1.54, 1.807) is 17.0 Å². The van der Waals surface area contributed by atoms with Crippen molar-refractivity contribution in [2.45, 2.75) is 71.0 Å². The Morgan fingerprint density at radius 3 is 2.41 bits per heavy atom. The number of amides is 2. The van der Waals surface area contributed by atoms with Gasteiger partial charge < -0.3 is 15.0 Å². The SMILES string of the molecule is Cc1ccc(CN(C(=O)CCCOc2ccc(Cl)cc2)C(C)C(=O)NC2CCCC2)cc1. The molecule has 1 aliphatic carbocycles. The number of rotatable bonds is 10. The van der Waals surface area contributed by atoms with E-state index in [1.165, 1.54) is 0 Å². The number of aryl methyl sites for hydroxylation is 1. The molecular formula is C26H33ClN2O3. The fourth-order valence-electron chi connectivity index (χ4n) is 3.95. The van der Waals surface area contributed by atoms with Crippen LogP contribution in [0.5, 0.6) is 5.75 Å². The van der Waals surface area contributed by atoms with Crippen LogP contribution in [0.2, 0.25) is 5.02 Å². The lowest BCUT2D eigenvalue weighted by molar-refractivity contribution is -0.141. The third-order valence-electron chi connectivity index (χ3n) is 5.96. The predicted molar refractivity (Wildman–Crippen MR) is 128 cm³/mol. The van der Waals surface area contributed by atoms with Gasteiger partial charge in [0.05, 0.1) is 6.61 Å². The zero-order valence-electron chi connectivity index (χ0n) is 19.0. The number of nitrogens with zero attached hydrogens (tertiary/aromatic N) is 1. The van der Waals surface area contributed by atoms with E-state index in [0.717, 1.165) is 42.6 Å². The number of ether oxygens (including phenoxy) is 1. The lowest BCUT2D eigenvalue weighted by Crippen LogP contribution is -2.49. The largest absolute Gasteiger partial charge is 0.494 e. The summed E-state index contributed by atoms with van der Waals surface area (Å²) < 4.78 is 5.71. The third kappa shape index (κ3) is 7.27. The standard InChI is InChI=1S/C26H33ClN2O3/c1-19-9-11-21(12-10-19)18-29(20(2)26(31)28-23-6-3-4-7-23)25(30)8-5-17-32-24-15-13-22(27)14-16-24/h9-16,20,23H,3-8,17-18H2,1-2H3,(H,28,31). The molecule has 1 saturated carbocycles. The summed E-state index contributed by atoms with van der Waals surface area (Å²) in [6.45, 7) is 4.69. The summed E-state index contributed by atoms with van der Waals surface area (Å²) in [7, 11) is 0. The first-order valence-corrected chi connectivity index (χ1v) is 11.8. The van der Waals surface area contributed by atoms with E-state index < -0.39 is 6.04 Å². The smallest absolute Gasteiger partial charge is 0.242 e. The minimum absolute atomic E-state index is 0.0423. The molecule has 1 N–H and O–H groups in total. The van der Waals surface area contributed by atoms with Gasteiger partial charge in [0.1, 0.15) is 11.8 Å². The van der Waals surface area contributed by atoms with Crippen LogP contribution >= 0.6 is 11.6 Å². The first-order valence-electron chi connectivity index (χ1n) is 11.5. The molecule has 172 valence electrons. The minimum Gasteiger partial charge on any atom is -0.494 e. The lowest BCUT2D eigenvalue weighted by atomic mass is 10.1. The maximum Gasteiger partial charge on any atom is 0.242 e. The summed E-state index contributed by atoms with van der Waals surface area (Å²) in [5.74, 6) is 0.608. The number of nitrogens with one attached hydrogen (secondary N) is 1. The van der Waals surface area contributed by atoms with Gasteiger partial charge in [-0.05, 0) is 62.9 Å². The van der Waals surface area contributed by atoms with Crippen molar-refractivity contribution in [1.82, 2.24) is 10.2 Å². The summed E-state index contributed by atoms with van der Waals surface area (Å²) >= 11 is 5.89. The van der Waals surface area contributed by atoms with Gasteiger partial charge in [0.15, 0.2) is 0 Å². The molecule has 1 unspecified atom stereocenters.